The summed E-state index contributed by atoms with van der Waals surface area (Å²) < 4.78 is 79.7. The maximum atomic E-state index is 13.4. The van der Waals surface area contributed by atoms with Crippen LogP contribution in [0.2, 0.25) is 5.02 Å². The number of aryl methyl sites for hydroxylation is 1. The second kappa shape index (κ2) is 8.79. The average Bonchev–Trinajstić information content (AvgIpc) is 2.71. The lowest BCUT2D eigenvalue weighted by Gasteiger charge is -2.14. The molecule has 1 amide bonds. The molecule has 0 aromatic heterocycles. The standard InChI is InChI=1S/C21H15ClF4N2O3S/c1-12-5-7-15(23)11-18(12)27-20(29)13-3-2-4-16(9-13)32(30,31)28-19-10-14(21(24,25)26)6-8-17(19)22/h2-11,28H,1H3,(H,27,29). The molecule has 3 rings (SSSR count). The third-order valence-corrected chi connectivity index (χ3v) is 6.09. The fraction of sp³-hybridized carbons (Fsp3) is 0.0952. The fourth-order valence-electron chi connectivity index (χ4n) is 2.71. The van der Waals surface area contributed by atoms with E-state index in [9.17, 15) is 30.8 Å². The second-order valence-electron chi connectivity index (χ2n) is 6.74. The average molecular weight is 487 g/mol. The third kappa shape index (κ3) is 5.38. The van der Waals surface area contributed by atoms with Gasteiger partial charge < -0.3 is 5.32 Å². The summed E-state index contributed by atoms with van der Waals surface area (Å²) in [5.74, 6) is -1.27. The number of benzene rings is 3. The molecule has 168 valence electrons. The predicted molar refractivity (Wildman–Crippen MR) is 113 cm³/mol. The van der Waals surface area contributed by atoms with Crippen molar-refractivity contribution >= 4 is 38.9 Å². The monoisotopic (exact) mass is 486 g/mol. The molecule has 0 saturated heterocycles. The van der Waals surface area contributed by atoms with E-state index in [0.29, 0.717) is 11.6 Å². The van der Waals surface area contributed by atoms with Crippen LogP contribution in [0.4, 0.5) is 28.9 Å². The van der Waals surface area contributed by atoms with Gasteiger partial charge >= 0.3 is 6.18 Å². The summed E-state index contributed by atoms with van der Waals surface area (Å²) >= 11 is 5.85. The molecule has 0 atom stereocenters. The number of carbonyl (C=O) groups is 1. The molecule has 0 bridgehead atoms. The van der Waals surface area contributed by atoms with Gasteiger partial charge in [-0.3, -0.25) is 9.52 Å². The largest absolute Gasteiger partial charge is 0.416 e. The predicted octanol–water partition coefficient (Wildman–Crippen LogP) is 5.86. The van der Waals surface area contributed by atoms with Crippen LogP contribution < -0.4 is 10.0 Å². The minimum absolute atomic E-state index is 0.0633. The van der Waals surface area contributed by atoms with Crippen molar-refractivity contribution in [2.45, 2.75) is 18.0 Å². The number of rotatable bonds is 5. The first-order valence-corrected chi connectivity index (χ1v) is 10.8. The summed E-state index contributed by atoms with van der Waals surface area (Å²) in [6.07, 6.45) is -4.70. The molecule has 0 aliphatic rings. The van der Waals surface area contributed by atoms with Crippen molar-refractivity contribution in [1.29, 1.82) is 0 Å². The lowest BCUT2D eigenvalue weighted by molar-refractivity contribution is -0.137. The first-order chi connectivity index (χ1) is 14.9. The summed E-state index contributed by atoms with van der Waals surface area (Å²) in [5.41, 5.74) is -0.821. The molecule has 5 nitrogen and oxygen atoms in total. The van der Waals surface area contributed by atoms with E-state index in [1.165, 1.54) is 24.3 Å². The number of carbonyl (C=O) groups excluding carboxylic acids is 1. The van der Waals surface area contributed by atoms with Crippen LogP contribution in [0.5, 0.6) is 0 Å². The maximum Gasteiger partial charge on any atom is 0.416 e. The number of sulfonamides is 1. The fourth-order valence-corrected chi connectivity index (χ4v) is 4.05. The molecular formula is C21H15ClF4N2O3S. The smallest absolute Gasteiger partial charge is 0.322 e. The Kier molecular flexibility index (Phi) is 6.47. The van der Waals surface area contributed by atoms with Crippen molar-refractivity contribution in [1.82, 2.24) is 0 Å². The first kappa shape index (κ1) is 23.6. The Morgan fingerprint density at radius 1 is 0.969 bits per heavy atom. The minimum Gasteiger partial charge on any atom is -0.322 e. The summed E-state index contributed by atoms with van der Waals surface area (Å²) in [5, 5.41) is 2.25. The molecule has 0 aliphatic carbocycles. The highest BCUT2D eigenvalue weighted by Crippen LogP contribution is 2.34. The topological polar surface area (TPSA) is 75.3 Å². The van der Waals surface area contributed by atoms with Gasteiger partial charge in [0.25, 0.3) is 15.9 Å². The van der Waals surface area contributed by atoms with Crippen molar-refractivity contribution in [3.63, 3.8) is 0 Å². The van der Waals surface area contributed by atoms with Gasteiger partial charge in [0.05, 0.1) is 21.2 Å². The highest BCUT2D eigenvalue weighted by atomic mass is 35.5. The van der Waals surface area contributed by atoms with Gasteiger partial charge in [0, 0.05) is 11.3 Å². The molecule has 11 heteroatoms. The zero-order chi connectivity index (χ0) is 23.7. The number of nitrogens with one attached hydrogen (secondary N) is 2. The van der Waals surface area contributed by atoms with Gasteiger partial charge in [-0.1, -0.05) is 23.7 Å². The Bertz CT molecular complexity index is 1290. The quantitative estimate of drug-likeness (QED) is 0.444. The normalized spacial score (nSPS) is 11.8. The van der Waals surface area contributed by atoms with E-state index in [0.717, 1.165) is 30.3 Å². The highest BCUT2D eigenvalue weighted by Gasteiger charge is 2.31. The number of alkyl halides is 3. The van der Waals surface area contributed by atoms with Crippen molar-refractivity contribution in [3.8, 4) is 0 Å². The molecule has 0 fully saturated rings. The van der Waals surface area contributed by atoms with E-state index >= 15 is 0 Å². The zero-order valence-corrected chi connectivity index (χ0v) is 17.9. The van der Waals surface area contributed by atoms with Crippen LogP contribution >= 0.6 is 11.6 Å². The van der Waals surface area contributed by atoms with Gasteiger partial charge in [-0.2, -0.15) is 13.2 Å². The van der Waals surface area contributed by atoms with E-state index in [1.807, 2.05) is 4.72 Å². The molecule has 0 aliphatic heterocycles. The van der Waals surface area contributed by atoms with E-state index in [4.69, 9.17) is 11.6 Å². The van der Waals surface area contributed by atoms with Gasteiger partial charge in [-0.05, 0) is 61.0 Å². The van der Waals surface area contributed by atoms with E-state index in [2.05, 4.69) is 5.32 Å². The van der Waals surface area contributed by atoms with Crippen LogP contribution in [0.15, 0.2) is 65.6 Å². The van der Waals surface area contributed by atoms with Crippen LogP contribution in [0.3, 0.4) is 0 Å². The molecular weight excluding hydrogens is 472 g/mol. The second-order valence-corrected chi connectivity index (χ2v) is 8.83. The van der Waals surface area contributed by atoms with E-state index < -0.39 is 39.2 Å². The van der Waals surface area contributed by atoms with E-state index in [1.54, 1.807) is 6.92 Å². The summed E-state index contributed by atoms with van der Waals surface area (Å²) in [6.45, 7) is 1.65. The van der Waals surface area contributed by atoms with Crippen LogP contribution in [0.25, 0.3) is 0 Å². The molecule has 0 heterocycles. The number of amides is 1. The molecule has 0 saturated carbocycles. The van der Waals surface area contributed by atoms with Gasteiger partial charge in [0.1, 0.15) is 5.82 Å². The van der Waals surface area contributed by atoms with Crippen LogP contribution in [-0.4, -0.2) is 14.3 Å². The molecule has 32 heavy (non-hydrogen) atoms. The Hall–Kier alpha value is -3.11. The lowest BCUT2D eigenvalue weighted by atomic mass is 10.1. The van der Waals surface area contributed by atoms with Gasteiger partial charge in [-0.15, -0.1) is 0 Å². The highest BCUT2D eigenvalue weighted by molar-refractivity contribution is 7.92. The van der Waals surface area contributed by atoms with Gasteiger partial charge in [-0.25, -0.2) is 12.8 Å². The lowest BCUT2D eigenvalue weighted by Crippen LogP contribution is -2.17. The Balaban J connectivity index is 1.88. The minimum atomic E-state index is -4.70. The van der Waals surface area contributed by atoms with E-state index in [-0.39, 0.29) is 21.2 Å². The summed E-state index contributed by atoms with van der Waals surface area (Å²) in [4.78, 5) is 12.1. The summed E-state index contributed by atoms with van der Waals surface area (Å²) in [6, 6.07) is 10.8. The van der Waals surface area contributed by atoms with Crippen molar-refractivity contribution < 1.29 is 30.8 Å². The number of halogens is 5. The van der Waals surface area contributed by atoms with Crippen molar-refractivity contribution in [2.75, 3.05) is 10.0 Å². The Morgan fingerprint density at radius 3 is 2.38 bits per heavy atom. The van der Waals surface area contributed by atoms with Crippen LogP contribution in [-0.2, 0) is 16.2 Å². The Morgan fingerprint density at radius 2 is 1.69 bits per heavy atom. The molecule has 3 aromatic rings. The third-order valence-electron chi connectivity index (χ3n) is 4.39. The zero-order valence-electron chi connectivity index (χ0n) is 16.3. The van der Waals surface area contributed by atoms with Crippen molar-refractivity contribution in [3.05, 3.63) is 88.2 Å². The first-order valence-electron chi connectivity index (χ1n) is 8.94. The van der Waals surface area contributed by atoms with Crippen LogP contribution in [0, 0.1) is 12.7 Å². The number of anilines is 2. The molecule has 2 N–H and O–H groups in total. The molecule has 3 aromatic carbocycles. The SMILES string of the molecule is Cc1ccc(F)cc1NC(=O)c1cccc(S(=O)(=O)Nc2cc(C(F)(F)F)ccc2Cl)c1. The molecule has 0 radical (unpaired) electrons. The Labute approximate surface area is 186 Å². The van der Waals surface area contributed by atoms with Crippen LogP contribution in [0.1, 0.15) is 21.5 Å². The van der Waals surface area contributed by atoms with Gasteiger partial charge in [0.15, 0.2) is 0 Å². The number of hydrogen-bond acceptors (Lipinski definition) is 3. The molecule has 0 spiro atoms. The van der Waals surface area contributed by atoms with Gasteiger partial charge in [0.2, 0.25) is 0 Å². The molecule has 0 unspecified atom stereocenters. The summed E-state index contributed by atoms with van der Waals surface area (Å²) in [7, 11) is -4.38. The van der Waals surface area contributed by atoms with Crippen molar-refractivity contribution in [2.24, 2.45) is 0 Å². The number of hydrogen-bond donors (Lipinski definition) is 2. The maximum absolute atomic E-state index is 13.4.